The smallest absolute Gasteiger partial charge is 0.149 e. The molecular formula is C16H15BrClF2N. The molecule has 0 heterocycles. The molecule has 0 aliphatic heterocycles. The van der Waals surface area contributed by atoms with E-state index in [0.29, 0.717) is 15.9 Å². The molecule has 0 saturated heterocycles. The van der Waals surface area contributed by atoms with Gasteiger partial charge in [-0.05, 0) is 36.2 Å². The van der Waals surface area contributed by atoms with Gasteiger partial charge in [0.1, 0.15) is 17.3 Å². The van der Waals surface area contributed by atoms with Crippen LogP contribution in [-0.4, -0.2) is 7.05 Å². The highest BCUT2D eigenvalue weighted by Gasteiger charge is 2.21. The van der Waals surface area contributed by atoms with Crippen molar-refractivity contribution >= 4 is 33.2 Å². The Morgan fingerprint density at radius 3 is 2.29 bits per heavy atom. The van der Waals surface area contributed by atoms with Crippen molar-refractivity contribution in [2.75, 3.05) is 11.9 Å². The molecule has 0 radical (unpaired) electrons. The number of anilines is 1. The molecule has 2 aromatic carbocycles. The van der Waals surface area contributed by atoms with Gasteiger partial charge in [0.2, 0.25) is 0 Å². The van der Waals surface area contributed by atoms with Gasteiger partial charge < -0.3 is 4.90 Å². The van der Waals surface area contributed by atoms with Crippen LogP contribution in [0.15, 0.2) is 36.4 Å². The van der Waals surface area contributed by atoms with Gasteiger partial charge in [0.05, 0.1) is 6.04 Å². The molecule has 0 aliphatic rings. The quantitative estimate of drug-likeness (QED) is 0.620. The van der Waals surface area contributed by atoms with E-state index in [1.807, 2.05) is 25.1 Å². The topological polar surface area (TPSA) is 3.24 Å². The van der Waals surface area contributed by atoms with Gasteiger partial charge in [-0.1, -0.05) is 45.7 Å². The number of benzene rings is 2. The van der Waals surface area contributed by atoms with Crippen molar-refractivity contribution in [3.63, 3.8) is 0 Å². The molecule has 0 aromatic heterocycles. The summed E-state index contributed by atoms with van der Waals surface area (Å²) in [6.07, 6.45) is 0. The van der Waals surface area contributed by atoms with Gasteiger partial charge in [-0.15, -0.1) is 0 Å². The third-order valence-electron chi connectivity index (χ3n) is 3.52. The third kappa shape index (κ3) is 3.38. The zero-order chi connectivity index (χ0) is 15.6. The Morgan fingerprint density at radius 1 is 1.19 bits per heavy atom. The first kappa shape index (κ1) is 16.2. The molecule has 0 spiro atoms. The Hall–Kier alpha value is -1.13. The number of hydrogen-bond acceptors (Lipinski definition) is 1. The first-order chi connectivity index (χ1) is 9.95. The van der Waals surface area contributed by atoms with E-state index in [1.54, 1.807) is 18.0 Å². The Labute approximate surface area is 136 Å². The maximum atomic E-state index is 14.2. The van der Waals surface area contributed by atoms with Crippen molar-refractivity contribution in [1.82, 2.24) is 0 Å². The molecule has 1 unspecified atom stereocenters. The van der Waals surface area contributed by atoms with Gasteiger partial charge in [0.25, 0.3) is 0 Å². The van der Waals surface area contributed by atoms with Crippen molar-refractivity contribution in [2.45, 2.75) is 18.3 Å². The monoisotopic (exact) mass is 373 g/mol. The van der Waals surface area contributed by atoms with E-state index in [-0.39, 0.29) is 11.7 Å². The molecule has 0 fully saturated rings. The fourth-order valence-electron chi connectivity index (χ4n) is 2.25. The second-order valence-electron chi connectivity index (χ2n) is 4.85. The van der Waals surface area contributed by atoms with E-state index in [0.717, 1.165) is 5.56 Å². The lowest BCUT2D eigenvalue weighted by Crippen LogP contribution is -2.24. The Bertz CT molecular complexity index is 625. The summed E-state index contributed by atoms with van der Waals surface area (Å²) in [4.78, 5) is 1.56. The minimum Gasteiger partial charge on any atom is -0.363 e. The number of halogens is 4. The van der Waals surface area contributed by atoms with Crippen molar-refractivity contribution in [1.29, 1.82) is 0 Å². The largest absolute Gasteiger partial charge is 0.363 e. The maximum absolute atomic E-state index is 14.2. The van der Waals surface area contributed by atoms with Crippen LogP contribution in [0.1, 0.15) is 24.1 Å². The number of alkyl halides is 1. The predicted molar refractivity (Wildman–Crippen MR) is 87.3 cm³/mol. The van der Waals surface area contributed by atoms with Gasteiger partial charge in [-0.3, -0.25) is 0 Å². The lowest BCUT2D eigenvalue weighted by atomic mass is 10.1. The van der Waals surface area contributed by atoms with Crippen LogP contribution < -0.4 is 4.90 Å². The van der Waals surface area contributed by atoms with Crippen LogP contribution in [-0.2, 0) is 5.33 Å². The van der Waals surface area contributed by atoms with Crippen molar-refractivity contribution in [3.05, 3.63) is 64.2 Å². The molecule has 0 N–H and O–H groups in total. The van der Waals surface area contributed by atoms with E-state index in [2.05, 4.69) is 15.9 Å². The molecule has 1 atom stereocenters. The van der Waals surface area contributed by atoms with Crippen LogP contribution in [0, 0.1) is 11.6 Å². The fourth-order valence-corrected chi connectivity index (χ4v) is 2.87. The first-order valence-corrected chi connectivity index (χ1v) is 7.96. The molecule has 5 heteroatoms. The summed E-state index contributed by atoms with van der Waals surface area (Å²) in [5, 5.41) is 0.986. The molecule has 1 nitrogen and oxygen atoms in total. The minimum absolute atomic E-state index is 0.0490. The van der Waals surface area contributed by atoms with Gasteiger partial charge >= 0.3 is 0 Å². The molecule has 112 valence electrons. The van der Waals surface area contributed by atoms with Crippen LogP contribution in [0.2, 0.25) is 5.02 Å². The van der Waals surface area contributed by atoms with Gasteiger partial charge in [0, 0.05) is 17.4 Å². The molecule has 0 aliphatic carbocycles. The molecule has 0 bridgehead atoms. The third-order valence-corrected chi connectivity index (χ3v) is 4.51. The highest BCUT2D eigenvalue weighted by Crippen LogP contribution is 2.33. The highest BCUT2D eigenvalue weighted by molar-refractivity contribution is 9.08. The zero-order valence-corrected chi connectivity index (χ0v) is 14.0. The summed E-state index contributed by atoms with van der Waals surface area (Å²) in [5.74, 6) is -1.16. The Morgan fingerprint density at radius 2 is 1.76 bits per heavy atom. The van der Waals surface area contributed by atoms with Gasteiger partial charge in [-0.25, -0.2) is 8.78 Å². The van der Waals surface area contributed by atoms with Crippen molar-refractivity contribution in [3.8, 4) is 0 Å². The van der Waals surface area contributed by atoms with Crippen LogP contribution in [0.3, 0.4) is 0 Å². The zero-order valence-electron chi connectivity index (χ0n) is 11.7. The maximum Gasteiger partial charge on any atom is 0.149 e. The molecule has 2 rings (SSSR count). The summed E-state index contributed by atoms with van der Waals surface area (Å²) < 4.78 is 28.4. The van der Waals surface area contributed by atoms with Crippen molar-refractivity contribution < 1.29 is 8.78 Å². The number of rotatable bonds is 4. The summed E-state index contributed by atoms with van der Waals surface area (Å²) in [6.45, 7) is 1.86. The average molecular weight is 375 g/mol. The first-order valence-electron chi connectivity index (χ1n) is 6.46. The fraction of sp³-hybridized carbons (Fsp3) is 0.250. The van der Waals surface area contributed by atoms with Gasteiger partial charge in [-0.2, -0.15) is 0 Å². The normalized spacial score (nSPS) is 12.3. The molecule has 0 saturated carbocycles. The Kier molecular flexibility index (Phi) is 5.22. The SMILES string of the molecule is CC(c1ccccc1Cl)N(C)c1c(F)cc(CBr)cc1F. The van der Waals surface area contributed by atoms with E-state index >= 15 is 0 Å². The number of hydrogen-bond donors (Lipinski definition) is 0. The van der Waals surface area contributed by atoms with Crippen LogP contribution in [0.5, 0.6) is 0 Å². The van der Waals surface area contributed by atoms with E-state index in [4.69, 9.17) is 11.6 Å². The average Bonchev–Trinajstić information content (AvgIpc) is 2.46. The van der Waals surface area contributed by atoms with Gasteiger partial charge in [0.15, 0.2) is 0 Å². The Balaban J connectivity index is 2.40. The number of nitrogens with zero attached hydrogens (tertiary/aromatic N) is 1. The van der Waals surface area contributed by atoms with E-state index in [1.165, 1.54) is 12.1 Å². The minimum atomic E-state index is -0.578. The lowest BCUT2D eigenvalue weighted by molar-refractivity contribution is 0.564. The van der Waals surface area contributed by atoms with E-state index in [9.17, 15) is 8.78 Å². The predicted octanol–water partition coefficient (Wildman–Crippen LogP) is 5.71. The highest BCUT2D eigenvalue weighted by atomic mass is 79.9. The second kappa shape index (κ2) is 6.75. The van der Waals surface area contributed by atoms with Crippen LogP contribution in [0.4, 0.5) is 14.5 Å². The van der Waals surface area contributed by atoms with Crippen molar-refractivity contribution in [2.24, 2.45) is 0 Å². The lowest BCUT2D eigenvalue weighted by Gasteiger charge is -2.29. The van der Waals surface area contributed by atoms with Crippen LogP contribution >= 0.6 is 27.5 Å². The molecular weight excluding hydrogens is 360 g/mol. The molecule has 2 aromatic rings. The van der Waals surface area contributed by atoms with Crippen LogP contribution in [0.25, 0.3) is 0 Å². The summed E-state index contributed by atoms with van der Waals surface area (Å²) in [5.41, 5.74) is 1.34. The molecule has 0 amide bonds. The summed E-state index contributed by atoms with van der Waals surface area (Å²) >= 11 is 9.36. The summed E-state index contributed by atoms with van der Waals surface area (Å²) in [7, 11) is 1.66. The molecule has 21 heavy (non-hydrogen) atoms. The standard InChI is InChI=1S/C16H15BrClF2N/c1-10(12-5-3-4-6-13(12)18)21(2)16-14(19)7-11(9-17)8-15(16)20/h3-8,10H,9H2,1-2H3. The van der Waals surface area contributed by atoms with E-state index < -0.39 is 11.6 Å². The second-order valence-corrected chi connectivity index (χ2v) is 5.82. The summed E-state index contributed by atoms with van der Waals surface area (Å²) in [6, 6.07) is 9.72.